The Morgan fingerprint density at radius 2 is 1.86 bits per heavy atom. The highest BCUT2D eigenvalue weighted by molar-refractivity contribution is 7.89. The number of methoxy groups -OCH3 is 1. The Hall–Kier alpha value is -2.58. The van der Waals surface area contributed by atoms with Crippen molar-refractivity contribution in [1.29, 1.82) is 0 Å². The second kappa shape index (κ2) is 9.57. The van der Waals surface area contributed by atoms with Gasteiger partial charge in [-0.2, -0.15) is 0 Å². The normalized spacial score (nSPS) is 12.4. The van der Waals surface area contributed by atoms with Crippen LogP contribution in [0, 0.1) is 0 Å². The number of hydrogen-bond acceptors (Lipinski definition) is 5. The van der Waals surface area contributed by atoms with Gasteiger partial charge in [0.1, 0.15) is 10.6 Å². The molecule has 152 valence electrons. The van der Waals surface area contributed by atoms with E-state index in [-0.39, 0.29) is 23.0 Å². The molecule has 0 radical (unpaired) electrons. The van der Waals surface area contributed by atoms with Crippen molar-refractivity contribution in [3.63, 3.8) is 0 Å². The molecule has 0 spiro atoms. The summed E-state index contributed by atoms with van der Waals surface area (Å²) in [6.45, 7) is 4.10. The van der Waals surface area contributed by atoms with Gasteiger partial charge in [0.25, 0.3) is 0 Å². The second-order valence-electron chi connectivity index (χ2n) is 6.47. The zero-order valence-electron chi connectivity index (χ0n) is 16.2. The molecule has 2 aromatic carbocycles. The van der Waals surface area contributed by atoms with Gasteiger partial charge in [-0.25, -0.2) is 17.9 Å². The molecule has 3 N–H and O–H groups in total. The number of rotatable bonds is 10. The first-order valence-corrected chi connectivity index (χ1v) is 10.5. The quantitative estimate of drug-likeness (QED) is 0.560. The molecule has 7 nitrogen and oxygen atoms in total. The zero-order chi connectivity index (χ0) is 20.7. The molecule has 2 rings (SSSR count). The van der Waals surface area contributed by atoms with Crippen molar-refractivity contribution in [2.75, 3.05) is 19.0 Å². The van der Waals surface area contributed by atoms with Crippen molar-refractivity contribution in [2.45, 2.75) is 37.6 Å². The van der Waals surface area contributed by atoms with Crippen molar-refractivity contribution in [3.05, 3.63) is 53.6 Å². The van der Waals surface area contributed by atoms with Crippen LogP contribution >= 0.6 is 0 Å². The molecule has 0 aromatic heterocycles. The van der Waals surface area contributed by atoms with Crippen LogP contribution in [0.4, 0.5) is 5.69 Å². The van der Waals surface area contributed by atoms with Crippen LogP contribution < -0.4 is 14.8 Å². The van der Waals surface area contributed by atoms with Crippen molar-refractivity contribution in [2.24, 2.45) is 0 Å². The van der Waals surface area contributed by atoms with Crippen LogP contribution in [0.15, 0.2) is 47.4 Å². The van der Waals surface area contributed by atoms with Crippen LogP contribution in [0.2, 0.25) is 0 Å². The fourth-order valence-electron chi connectivity index (χ4n) is 2.56. The minimum Gasteiger partial charge on any atom is -0.497 e. The summed E-state index contributed by atoms with van der Waals surface area (Å²) in [5.74, 6) is -0.444. The van der Waals surface area contributed by atoms with Crippen LogP contribution in [0.25, 0.3) is 0 Å². The lowest BCUT2D eigenvalue weighted by atomic mass is 10.1. The fourth-order valence-corrected chi connectivity index (χ4v) is 3.79. The van der Waals surface area contributed by atoms with Crippen LogP contribution in [0.3, 0.4) is 0 Å². The topological polar surface area (TPSA) is 105 Å². The fraction of sp³-hybridized carbons (Fsp3) is 0.350. The van der Waals surface area contributed by atoms with E-state index in [2.05, 4.69) is 10.0 Å². The van der Waals surface area contributed by atoms with Gasteiger partial charge in [0.05, 0.1) is 18.4 Å². The molecular weight excluding hydrogens is 380 g/mol. The summed E-state index contributed by atoms with van der Waals surface area (Å²) >= 11 is 0. The SMILES string of the molecule is CC[C@H](C)Nc1ccc(C(=O)O)cc1S(=O)(=O)NCCc1ccc(OC)cc1. The maximum Gasteiger partial charge on any atom is 0.335 e. The van der Waals surface area contributed by atoms with Gasteiger partial charge in [-0.3, -0.25) is 0 Å². The number of benzene rings is 2. The van der Waals surface area contributed by atoms with E-state index in [1.54, 1.807) is 7.11 Å². The van der Waals surface area contributed by atoms with E-state index in [1.807, 2.05) is 38.1 Å². The maximum absolute atomic E-state index is 12.8. The Morgan fingerprint density at radius 3 is 2.43 bits per heavy atom. The smallest absolute Gasteiger partial charge is 0.335 e. The molecule has 0 unspecified atom stereocenters. The number of aromatic carboxylic acids is 1. The number of anilines is 1. The van der Waals surface area contributed by atoms with Gasteiger partial charge in [0, 0.05) is 12.6 Å². The number of carbonyl (C=O) groups is 1. The second-order valence-corrected chi connectivity index (χ2v) is 8.20. The highest BCUT2D eigenvalue weighted by Gasteiger charge is 2.21. The van der Waals surface area contributed by atoms with Crippen LogP contribution in [0.5, 0.6) is 5.75 Å². The van der Waals surface area contributed by atoms with E-state index in [1.165, 1.54) is 18.2 Å². The van der Waals surface area contributed by atoms with E-state index < -0.39 is 16.0 Å². The van der Waals surface area contributed by atoms with E-state index >= 15 is 0 Å². The Kier molecular flexibility index (Phi) is 7.42. The third kappa shape index (κ3) is 5.71. The maximum atomic E-state index is 12.8. The molecule has 1 atom stereocenters. The summed E-state index contributed by atoms with van der Waals surface area (Å²) in [6.07, 6.45) is 1.29. The van der Waals surface area contributed by atoms with E-state index in [0.29, 0.717) is 12.1 Å². The minimum atomic E-state index is -3.88. The molecular formula is C20H26N2O5S. The summed E-state index contributed by atoms with van der Waals surface area (Å²) in [5.41, 5.74) is 1.27. The summed E-state index contributed by atoms with van der Waals surface area (Å²) < 4.78 is 33.3. The summed E-state index contributed by atoms with van der Waals surface area (Å²) in [6, 6.07) is 11.5. The molecule has 28 heavy (non-hydrogen) atoms. The first-order valence-electron chi connectivity index (χ1n) is 9.03. The van der Waals surface area contributed by atoms with Gasteiger partial charge < -0.3 is 15.2 Å². The molecule has 2 aromatic rings. The molecule has 0 saturated carbocycles. The van der Waals surface area contributed by atoms with E-state index in [0.717, 1.165) is 17.7 Å². The van der Waals surface area contributed by atoms with Gasteiger partial charge in [0.2, 0.25) is 10.0 Å². The zero-order valence-corrected chi connectivity index (χ0v) is 17.0. The van der Waals surface area contributed by atoms with Gasteiger partial charge in [-0.15, -0.1) is 0 Å². The van der Waals surface area contributed by atoms with Gasteiger partial charge in [-0.1, -0.05) is 19.1 Å². The Morgan fingerprint density at radius 1 is 1.18 bits per heavy atom. The molecule has 0 fully saturated rings. The minimum absolute atomic E-state index is 0.0453. The van der Waals surface area contributed by atoms with Crippen LogP contribution in [0.1, 0.15) is 36.2 Å². The summed E-state index contributed by atoms with van der Waals surface area (Å²) in [4.78, 5) is 11.2. The number of carboxylic acid groups (broad SMARTS) is 1. The van der Waals surface area contributed by atoms with Gasteiger partial charge >= 0.3 is 5.97 Å². The molecule has 8 heteroatoms. The Bertz CT molecular complexity index is 911. The predicted octanol–water partition coefficient (Wildman–Crippen LogP) is 3.12. The third-order valence-electron chi connectivity index (χ3n) is 4.40. The summed E-state index contributed by atoms with van der Waals surface area (Å²) in [5, 5.41) is 12.3. The Labute approximate surface area is 165 Å². The lowest BCUT2D eigenvalue weighted by Crippen LogP contribution is -2.28. The molecule has 0 aliphatic rings. The first kappa shape index (κ1) is 21.7. The van der Waals surface area contributed by atoms with Gasteiger partial charge in [-0.05, 0) is 55.7 Å². The van der Waals surface area contributed by atoms with Crippen molar-refractivity contribution in [3.8, 4) is 5.75 Å². The molecule has 0 aliphatic carbocycles. The molecule has 0 aliphatic heterocycles. The van der Waals surface area contributed by atoms with Crippen LogP contribution in [-0.4, -0.2) is 39.2 Å². The summed E-state index contributed by atoms with van der Waals surface area (Å²) in [7, 11) is -2.30. The van der Waals surface area contributed by atoms with Crippen LogP contribution in [-0.2, 0) is 16.4 Å². The Balaban J connectivity index is 2.19. The van der Waals surface area contributed by atoms with Crippen molar-refractivity contribution >= 4 is 21.7 Å². The third-order valence-corrected chi connectivity index (χ3v) is 5.90. The number of carboxylic acids is 1. The average molecular weight is 407 g/mol. The van der Waals surface area contributed by atoms with Crippen molar-refractivity contribution < 1.29 is 23.1 Å². The molecule has 0 saturated heterocycles. The number of nitrogens with one attached hydrogen (secondary N) is 2. The van der Waals surface area contributed by atoms with Gasteiger partial charge in [0.15, 0.2) is 0 Å². The van der Waals surface area contributed by atoms with E-state index in [9.17, 15) is 18.3 Å². The van der Waals surface area contributed by atoms with E-state index in [4.69, 9.17) is 4.74 Å². The first-order chi connectivity index (χ1) is 13.3. The average Bonchev–Trinajstić information content (AvgIpc) is 2.68. The number of ether oxygens (including phenoxy) is 1. The highest BCUT2D eigenvalue weighted by atomic mass is 32.2. The predicted molar refractivity (Wildman–Crippen MR) is 109 cm³/mol. The molecule has 0 amide bonds. The highest BCUT2D eigenvalue weighted by Crippen LogP contribution is 2.24. The lowest BCUT2D eigenvalue weighted by molar-refractivity contribution is 0.0696. The number of hydrogen-bond donors (Lipinski definition) is 3. The monoisotopic (exact) mass is 406 g/mol. The number of sulfonamides is 1. The van der Waals surface area contributed by atoms with Crippen molar-refractivity contribution in [1.82, 2.24) is 4.72 Å². The molecule has 0 heterocycles. The molecule has 0 bridgehead atoms. The largest absolute Gasteiger partial charge is 0.497 e. The standard InChI is InChI=1S/C20H26N2O5S/c1-4-14(2)22-18-10-7-16(20(23)24)13-19(18)28(25,26)21-12-11-15-5-8-17(27-3)9-6-15/h5-10,13-14,21-22H,4,11-12H2,1-3H3,(H,23,24)/t14-/m0/s1. The lowest BCUT2D eigenvalue weighted by Gasteiger charge is -2.18.